The topological polar surface area (TPSA) is 46.5 Å². The standard InChI is InChI=1S/C21H35ClO3/c1-2-3-4-5-6-7-8-9-10-11-12-13-14-15-16-17-21(24)25-20(18-22)19-23/h3-4,6-7,9-10,20,23H,2,5,8,11-19H2,1H3/b4-3-,7-6-,10-9-/t20-/m1/s1. The second kappa shape index (κ2) is 19.3. The summed E-state index contributed by atoms with van der Waals surface area (Å²) in [5.74, 6) is -0.123. The Morgan fingerprint density at radius 2 is 1.56 bits per heavy atom. The van der Waals surface area contributed by atoms with E-state index in [1.807, 2.05) is 0 Å². The summed E-state index contributed by atoms with van der Waals surface area (Å²) in [5.41, 5.74) is 0. The summed E-state index contributed by atoms with van der Waals surface area (Å²) in [6.07, 6.45) is 22.8. The lowest BCUT2D eigenvalue weighted by atomic mass is 10.1. The van der Waals surface area contributed by atoms with Gasteiger partial charge < -0.3 is 9.84 Å². The van der Waals surface area contributed by atoms with Gasteiger partial charge in [0, 0.05) is 6.42 Å². The number of carbonyl (C=O) groups excluding carboxylic acids is 1. The Balaban J connectivity index is 3.39. The van der Waals surface area contributed by atoms with Crippen molar-refractivity contribution < 1.29 is 14.6 Å². The number of aliphatic hydroxyl groups excluding tert-OH is 1. The third-order valence-electron chi connectivity index (χ3n) is 3.71. The third-order valence-corrected chi connectivity index (χ3v) is 4.05. The number of unbranched alkanes of at least 4 members (excludes halogenated alkanes) is 5. The summed E-state index contributed by atoms with van der Waals surface area (Å²) in [6.45, 7) is 1.93. The van der Waals surface area contributed by atoms with Crippen LogP contribution in [0.4, 0.5) is 0 Å². The summed E-state index contributed by atoms with van der Waals surface area (Å²) in [7, 11) is 0. The average Bonchev–Trinajstić information content (AvgIpc) is 2.62. The molecule has 1 N–H and O–H groups in total. The van der Waals surface area contributed by atoms with Gasteiger partial charge in [0.1, 0.15) is 6.10 Å². The van der Waals surface area contributed by atoms with Crippen molar-refractivity contribution in [1.29, 1.82) is 0 Å². The van der Waals surface area contributed by atoms with Gasteiger partial charge in [-0.05, 0) is 38.5 Å². The van der Waals surface area contributed by atoms with Crippen LogP contribution in [0.15, 0.2) is 36.5 Å². The first-order valence-electron chi connectivity index (χ1n) is 9.55. The lowest BCUT2D eigenvalue weighted by Crippen LogP contribution is -2.23. The molecule has 0 spiro atoms. The van der Waals surface area contributed by atoms with Gasteiger partial charge in [-0.3, -0.25) is 4.79 Å². The molecule has 4 heteroatoms. The van der Waals surface area contributed by atoms with Crippen molar-refractivity contribution in [2.45, 2.75) is 77.2 Å². The van der Waals surface area contributed by atoms with Crippen molar-refractivity contribution in [3.8, 4) is 0 Å². The van der Waals surface area contributed by atoms with E-state index in [0.717, 1.165) is 44.9 Å². The molecule has 0 rings (SSSR count). The first-order chi connectivity index (χ1) is 12.2. The first-order valence-corrected chi connectivity index (χ1v) is 10.1. The molecule has 0 unspecified atom stereocenters. The van der Waals surface area contributed by atoms with Crippen LogP contribution in [0, 0.1) is 0 Å². The minimum atomic E-state index is -0.566. The van der Waals surface area contributed by atoms with Crippen LogP contribution in [-0.2, 0) is 9.53 Å². The number of hydrogen-bond donors (Lipinski definition) is 1. The Hall–Kier alpha value is -1.06. The molecule has 0 aliphatic rings. The smallest absolute Gasteiger partial charge is 0.306 e. The molecule has 0 aromatic carbocycles. The largest absolute Gasteiger partial charge is 0.459 e. The molecule has 1 atom stereocenters. The summed E-state index contributed by atoms with van der Waals surface area (Å²) in [4.78, 5) is 11.5. The number of rotatable bonds is 16. The van der Waals surface area contributed by atoms with Crippen molar-refractivity contribution in [2.24, 2.45) is 0 Å². The van der Waals surface area contributed by atoms with Gasteiger partial charge in [-0.1, -0.05) is 62.6 Å². The Morgan fingerprint density at radius 1 is 0.960 bits per heavy atom. The number of ether oxygens (including phenoxy) is 1. The van der Waals surface area contributed by atoms with Crippen molar-refractivity contribution >= 4 is 17.6 Å². The van der Waals surface area contributed by atoms with E-state index in [1.54, 1.807) is 0 Å². The van der Waals surface area contributed by atoms with Crippen LogP contribution in [-0.4, -0.2) is 29.7 Å². The van der Waals surface area contributed by atoms with Crippen LogP contribution in [0.3, 0.4) is 0 Å². The van der Waals surface area contributed by atoms with Gasteiger partial charge in [-0.15, -0.1) is 11.6 Å². The molecule has 0 bridgehead atoms. The molecule has 0 heterocycles. The predicted octanol–water partition coefficient (Wildman–Crippen LogP) is 5.72. The van der Waals surface area contributed by atoms with Crippen LogP contribution in [0.1, 0.15) is 71.1 Å². The van der Waals surface area contributed by atoms with E-state index in [4.69, 9.17) is 21.4 Å². The van der Waals surface area contributed by atoms with Crippen molar-refractivity contribution in [3.63, 3.8) is 0 Å². The Kier molecular flexibility index (Phi) is 18.5. The highest BCUT2D eigenvalue weighted by atomic mass is 35.5. The number of halogens is 1. The summed E-state index contributed by atoms with van der Waals surface area (Å²) in [5, 5.41) is 8.91. The van der Waals surface area contributed by atoms with E-state index in [-0.39, 0.29) is 18.5 Å². The fourth-order valence-corrected chi connectivity index (χ4v) is 2.41. The van der Waals surface area contributed by atoms with E-state index in [2.05, 4.69) is 43.4 Å². The van der Waals surface area contributed by atoms with Gasteiger partial charge in [0.15, 0.2) is 0 Å². The molecule has 0 saturated heterocycles. The van der Waals surface area contributed by atoms with Crippen LogP contribution in [0.2, 0.25) is 0 Å². The molecule has 3 nitrogen and oxygen atoms in total. The minimum Gasteiger partial charge on any atom is -0.459 e. The Morgan fingerprint density at radius 3 is 2.20 bits per heavy atom. The fraction of sp³-hybridized carbons (Fsp3) is 0.667. The molecule has 25 heavy (non-hydrogen) atoms. The number of esters is 1. The quantitative estimate of drug-likeness (QED) is 0.163. The van der Waals surface area contributed by atoms with Crippen LogP contribution in [0.25, 0.3) is 0 Å². The van der Waals surface area contributed by atoms with Gasteiger partial charge in [0.05, 0.1) is 12.5 Å². The molecule has 0 amide bonds. The highest BCUT2D eigenvalue weighted by Gasteiger charge is 2.11. The van der Waals surface area contributed by atoms with Gasteiger partial charge in [0.2, 0.25) is 0 Å². The van der Waals surface area contributed by atoms with E-state index >= 15 is 0 Å². The molecule has 0 aromatic rings. The van der Waals surface area contributed by atoms with Gasteiger partial charge in [-0.2, -0.15) is 0 Å². The van der Waals surface area contributed by atoms with Gasteiger partial charge >= 0.3 is 5.97 Å². The van der Waals surface area contributed by atoms with Gasteiger partial charge in [0.25, 0.3) is 0 Å². The van der Waals surface area contributed by atoms with Crippen molar-refractivity contribution in [1.82, 2.24) is 0 Å². The predicted molar refractivity (Wildman–Crippen MR) is 107 cm³/mol. The maximum atomic E-state index is 11.5. The SMILES string of the molecule is CC/C=C\C/C=C\C/C=C\CCCCCCCC(=O)O[C@@H](CO)CCl. The highest BCUT2D eigenvalue weighted by Crippen LogP contribution is 2.09. The molecule has 0 aliphatic carbocycles. The maximum Gasteiger partial charge on any atom is 0.306 e. The highest BCUT2D eigenvalue weighted by molar-refractivity contribution is 6.18. The van der Waals surface area contributed by atoms with E-state index < -0.39 is 6.10 Å². The van der Waals surface area contributed by atoms with Gasteiger partial charge in [-0.25, -0.2) is 0 Å². The van der Waals surface area contributed by atoms with Crippen molar-refractivity contribution in [3.05, 3.63) is 36.5 Å². The normalized spacial score (nSPS) is 13.2. The molecule has 0 saturated carbocycles. The lowest BCUT2D eigenvalue weighted by Gasteiger charge is -2.12. The molecule has 0 fully saturated rings. The first kappa shape index (κ1) is 23.9. The monoisotopic (exact) mass is 370 g/mol. The molecule has 0 radical (unpaired) electrons. The van der Waals surface area contributed by atoms with Crippen LogP contribution in [0.5, 0.6) is 0 Å². The fourth-order valence-electron chi connectivity index (χ4n) is 2.25. The average molecular weight is 371 g/mol. The summed E-state index contributed by atoms with van der Waals surface area (Å²) < 4.78 is 5.03. The summed E-state index contributed by atoms with van der Waals surface area (Å²) in [6, 6.07) is 0. The number of hydrogen-bond acceptors (Lipinski definition) is 3. The molecule has 144 valence electrons. The third kappa shape index (κ3) is 17.6. The second-order valence-corrected chi connectivity index (χ2v) is 6.36. The Labute approximate surface area is 158 Å². The number of alkyl halides is 1. The molecular formula is C21H35ClO3. The molecule has 0 aliphatic heterocycles. The lowest BCUT2D eigenvalue weighted by molar-refractivity contribution is -0.149. The zero-order chi connectivity index (χ0) is 18.6. The van der Waals surface area contributed by atoms with E-state index in [1.165, 1.54) is 12.8 Å². The molecule has 0 aromatic heterocycles. The minimum absolute atomic E-state index is 0.140. The van der Waals surface area contributed by atoms with E-state index in [9.17, 15) is 4.79 Å². The number of aliphatic hydroxyl groups is 1. The number of allylic oxidation sites excluding steroid dienone is 6. The number of carbonyl (C=O) groups is 1. The second-order valence-electron chi connectivity index (χ2n) is 6.05. The molecular weight excluding hydrogens is 336 g/mol. The zero-order valence-electron chi connectivity index (χ0n) is 15.7. The van der Waals surface area contributed by atoms with Crippen LogP contribution < -0.4 is 0 Å². The van der Waals surface area contributed by atoms with E-state index in [0.29, 0.717) is 6.42 Å². The maximum absolute atomic E-state index is 11.5. The van der Waals surface area contributed by atoms with Crippen LogP contribution >= 0.6 is 11.6 Å². The zero-order valence-corrected chi connectivity index (χ0v) is 16.4. The summed E-state index contributed by atoms with van der Waals surface area (Å²) >= 11 is 5.56. The Bertz CT molecular complexity index is 385. The van der Waals surface area contributed by atoms with Crippen molar-refractivity contribution in [2.75, 3.05) is 12.5 Å².